The number of aliphatic hydroxyl groups is 1. The third-order valence-electron chi connectivity index (χ3n) is 1.91. The number of furan rings is 1. The van der Waals surface area contributed by atoms with Crippen molar-refractivity contribution in [1.29, 1.82) is 0 Å². The highest BCUT2D eigenvalue weighted by Crippen LogP contribution is 2.16. The Morgan fingerprint density at radius 1 is 1.62 bits per heavy atom. The number of hydrogen-bond acceptors (Lipinski definition) is 3. The number of hydrogen-bond donors (Lipinski definition) is 2. The fraction of sp³-hybridized carbons (Fsp3) is 0.222. The van der Waals surface area contributed by atoms with Crippen LogP contribution in [0.15, 0.2) is 35.4 Å². The molecule has 0 saturated carbocycles. The summed E-state index contributed by atoms with van der Waals surface area (Å²) in [6, 6.07) is 1.84. The Kier molecular flexibility index (Phi) is 2.14. The van der Waals surface area contributed by atoms with Gasteiger partial charge in [0, 0.05) is 18.2 Å². The maximum absolute atomic E-state index is 9.68. The lowest BCUT2D eigenvalue weighted by molar-refractivity contribution is 0.178. The van der Waals surface area contributed by atoms with Crippen molar-refractivity contribution < 1.29 is 9.52 Å². The van der Waals surface area contributed by atoms with Gasteiger partial charge in [0.25, 0.3) is 0 Å². The highest BCUT2D eigenvalue weighted by atomic mass is 16.3. The maximum Gasteiger partial charge on any atom is 0.0935 e. The monoisotopic (exact) mass is 178 g/mol. The largest absolute Gasteiger partial charge is 0.472 e. The molecule has 0 saturated heterocycles. The molecule has 0 bridgehead atoms. The Balaban J connectivity index is 2.04. The van der Waals surface area contributed by atoms with Gasteiger partial charge in [0.15, 0.2) is 0 Å². The summed E-state index contributed by atoms with van der Waals surface area (Å²) < 4.78 is 4.90. The van der Waals surface area contributed by atoms with Gasteiger partial charge in [0.1, 0.15) is 0 Å². The summed E-state index contributed by atoms with van der Waals surface area (Å²) in [4.78, 5) is 0. The van der Waals surface area contributed by atoms with Gasteiger partial charge >= 0.3 is 0 Å². The number of H-pyrrole nitrogens is 1. The van der Waals surface area contributed by atoms with Crippen molar-refractivity contribution in [3.63, 3.8) is 0 Å². The molecular formula is C9H10N2O2. The van der Waals surface area contributed by atoms with Crippen molar-refractivity contribution in [2.24, 2.45) is 0 Å². The molecule has 0 fully saturated rings. The molecular weight excluding hydrogens is 168 g/mol. The van der Waals surface area contributed by atoms with E-state index >= 15 is 0 Å². The molecule has 2 N–H and O–H groups in total. The first-order chi connectivity index (χ1) is 6.36. The number of aromatic amines is 1. The van der Waals surface area contributed by atoms with Crippen LogP contribution in [0.2, 0.25) is 0 Å². The van der Waals surface area contributed by atoms with E-state index in [0.717, 1.165) is 11.1 Å². The molecule has 2 rings (SSSR count). The van der Waals surface area contributed by atoms with Gasteiger partial charge in [-0.2, -0.15) is 5.10 Å². The van der Waals surface area contributed by atoms with Gasteiger partial charge in [0.2, 0.25) is 0 Å². The summed E-state index contributed by atoms with van der Waals surface area (Å²) in [5, 5.41) is 16.1. The Bertz CT molecular complexity index is 340. The highest BCUT2D eigenvalue weighted by Gasteiger charge is 2.09. The van der Waals surface area contributed by atoms with Crippen LogP contribution < -0.4 is 0 Å². The van der Waals surface area contributed by atoms with Gasteiger partial charge in [-0.25, -0.2) is 0 Å². The van der Waals surface area contributed by atoms with Gasteiger partial charge in [-0.3, -0.25) is 5.10 Å². The normalized spacial score (nSPS) is 13.0. The summed E-state index contributed by atoms with van der Waals surface area (Å²) >= 11 is 0. The molecule has 4 nitrogen and oxygen atoms in total. The minimum atomic E-state index is -0.517. The first kappa shape index (κ1) is 8.07. The Morgan fingerprint density at radius 2 is 2.54 bits per heavy atom. The number of aliphatic hydroxyl groups excluding tert-OH is 1. The Labute approximate surface area is 75.2 Å². The average Bonchev–Trinajstić information content (AvgIpc) is 2.74. The van der Waals surface area contributed by atoms with Crippen LogP contribution in [0.4, 0.5) is 0 Å². The molecule has 0 aliphatic carbocycles. The van der Waals surface area contributed by atoms with Crippen molar-refractivity contribution >= 4 is 0 Å². The fourth-order valence-corrected chi connectivity index (χ4v) is 1.19. The minimum absolute atomic E-state index is 0.517. The molecule has 2 aromatic rings. The highest BCUT2D eigenvalue weighted by molar-refractivity contribution is 5.13. The van der Waals surface area contributed by atoms with E-state index in [0.29, 0.717) is 6.42 Å². The first-order valence-corrected chi connectivity index (χ1v) is 4.04. The van der Waals surface area contributed by atoms with Crippen molar-refractivity contribution in [3.05, 3.63) is 42.1 Å². The first-order valence-electron chi connectivity index (χ1n) is 4.04. The summed E-state index contributed by atoms with van der Waals surface area (Å²) in [6.45, 7) is 0. The van der Waals surface area contributed by atoms with Gasteiger partial charge in [-0.15, -0.1) is 0 Å². The lowest BCUT2D eigenvalue weighted by atomic mass is 10.1. The smallest absolute Gasteiger partial charge is 0.0935 e. The predicted octanol–water partition coefficient (Wildman–Crippen LogP) is 1.28. The van der Waals surface area contributed by atoms with E-state index in [9.17, 15) is 5.11 Å². The minimum Gasteiger partial charge on any atom is -0.472 e. The average molecular weight is 178 g/mol. The second kappa shape index (κ2) is 3.45. The summed E-state index contributed by atoms with van der Waals surface area (Å²) in [5.41, 5.74) is 1.77. The summed E-state index contributed by atoms with van der Waals surface area (Å²) in [6.07, 6.45) is 6.56. The van der Waals surface area contributed by atoms with Crippen molar-refractivity contribution in [1.82, 2.24) is 10.2 Å². The number of aromatic nitrogens is 2. The molecule has 0 aromatic carbocycles. The zero-order valence-corrected chi connectivity index (χ0v) is 6.97. The molecule has 0 aliphatic rings. The standard InChI is InChI=1S/C9H10N2O2/c12-9(8-4-10-11-5-8)3-7-1-2-13-6-7/h1-2,4-6,9,12H,3H2,(H,10,11). The van der Waals surface area contributed by atoms with E-state index in [1.165, 1.54) is 0 Å². The van der Waals surface area contributed by atoms with Crippen molar-refractivity contribution in [3.8, 4) is 0 Å². The quantitative estimate of drug-likeness (QED) is 0.744. The molecule has 1 unspecified atom stereocenters. The third kappa shape index (κ3) is 1.78. The number of nitrogens with one attached hydrogen (secondary N) is 1. The van der Waals surface area contributed by atoms with Crippen molar-refractivity contribution in [2.45, 2.75) is 12.5 Å². The summed E-state index contributed by atoms with van der Waals surface area (Å²) in [7, 11) is 0. The van der Waals surface area contributed by atoms with Crippen LogP contribution in [0.1, 0.15) is 17.2 Å². The van der Waals surface area contributed by atoms with E-state index in [-0.39, 0.29) is 0 Å². The van der Waals surface area contributed by atoms with E-state index < -0.39 is 6.10 Å². The fourth-order valence-electron chi connectivity index (χ4n) is 1.19. The second-order valence-electron chi connectivity index (χ2n) is 2.88. The van der Waals surface area contributed by atoms with Gasteiger partial charge in [-0.1, -0.05) is 0 Å². The molecule has 0 aliphatic heterocycles. The maximum atomic E-state index is 9.68. The number of nitrogens with zero attached hydrogens (tertiary/aromatic N) is 1. The zero-order chi connectivity index (χ0) is 9.10. The lowest BCUT2D eigenvalue weighted by Gasteiger charge is -2.04. The SMILES string of the molecule is OC(Cc1ccoc1)c1cn[nH]c1. The van der Waals surface area contributed by atoms with Crippen LogP contribution in [0.5, 0.6) is 0 Å². The topological polar surface area (TPSA) is 62.1 Å². The van der Waals surface area contributed by atoms with Crippen LogP contribution in [0.3, 0.4) is 0 Å². The Hall–Kier alpha value is -1.55. The molecule has 1 atom stereocenters. The van der Waals surface area contributed by atoms with Gasteiger partial charge < -0.3 is 9.52 Å². The van der Waals surface area contributed by atoms with E-state index in [4.69, 9.17) is 4.42 Å². The molecule has 13 heavy (non-hydrogen) atoms. The second-order valence-corrected chi connectivity index (χ2v) is 2.88. The molecule has 2 heterocycles. The van der Waals surface area contributed by atoms with E-state index in [1.807, 2.05) is 6.07 Å². The van der Waals surface area contributed by atoms with E-state index in [1.54, 1.807) is 24.9 Å². The molecule has 4 heteroatoms. The third-order valence-corrected chi connectivity index (χ3v) is 1.91. The molecule has 2 aromatic heterocycles. The molecule has 68 valence electrons. The molecule has 0 amide bonds. The van der Waals surface area contributed by atoms with Crippen LogP contribution in [0.25, 0.3) is 0 Å². The van der Waals surface area contributed by atoms with Crippen LogP contribution in [-0.4, -0.2) is 15.3 Å². The molecule has 0 radical (unpaired) electrons. The van der Waals surface area contributed by atoms with Crippen LogP contribution in [-0.2, 0) is 6.42 Å². The van der Waals surface area contributed by atoms with Gasteiger partial charge in [0.05, 0.1) is 24.8 Å². The Morgan fingerprint density at radius 3 is 3.15 bits per heavy atom. The van der Waals surface area contributed by atoms with Gasteiger partial charge in [-0.05, 0) is 11.6 Å². The zero-order valence-electron chi connectivity index (χ0n) is 6.97. The number of rotatable bonds is 3. The van der Waals surface area contributed by atoms with Crippen LogP contribution in [0, 0.1) is 0 Å². The lowest BCUT2D eigenvalue weighted by Crippen LogP contribution is -1.99. The van der Waals surface area contributed by atoms with E-state index in [2.05, 4.69) is 10.2 Å². The van der Waals surface area contributed by atoms with Crippen molar-refractivity contribution in [2.75, 3.05) is 0 Å². The molecule has 0 spiro atoms. The summed E-state index contributed by atoms with van der Waals surface area (Å²) in [5.74, 6) is 0. The van der Waals surface area contributed by atoms with Crippen LogP contribution >= 0.6 is 0 Å². The predicted molar refractivity (Wildman–Crippen MR) is 46.0 cm³/mol.